The molecule has 0 amide bonds. The number of benzene rings is 2. The van der Waals surface area contributed by atoms with E-state index in [0.29, 0.717) is 5.82 Å². The van der Waals surface area contributed by atoms with Crippen molar-refractivity contribution in [2.24, 2.45) is 7.05 Å². The molecule has 0 atom stereocenters. The first-order valence-electron chi connectivity index (χ1n) is 10.5. The van der Waals surface area contributed by atoms with E-state index in [1.165, 1.54) is 5.56 Å². The molecule has 2 aromatic carbocycles. The van der Waals surface area contributed by atoms with E-state index >= 15 is 0 Å². The Morgan fingerprint density at radius 1 is 0.968 bits per heavy atom. The third-order valence-electron chi connectivity index (χ3n) is 5.68. The fourth-order valence-electron chi connectivity index (χ4n) is 4.03. The third-order valence-corrected chi connectivity index (χ3v) is 5.68. The number of imidazole rings is 2. The number of nitrogens with one attached hydrogen (secondary N) is 1. The fraction of sp³-hybridized carbons (Fsp3) is 0.261. The zero-order valence-corrected chi connectivity index (χ0v) is 17.9. The van der Waals surface area contributed by atoms with Crippen molar-refractivity contribution < 1.29 is 0 Å². The molecule has 1 N–H and O–H groups in total. The second-order valence-electron chi connectivity index (χ2n) is 7.72. The molecule has 0 aliphatic rings. The van der Waals surface area contributed by atoms with Crippen molar-refractivity contribution in [1.82, 2.24) is 39.7 Å². The highest BCUT2D eigenvalue weighted by molar-refractivity contribution is 5.80. The van der Waals surface area contributed by atoms with Crippen LogP contribution < -0.4 is 0 Å². The molecule has 8 heteroatoms. The Balaban J connectivity index is 1.50. The van der Waals surface area contributed by atoms with Gasteiger partial charge in [-0.2, -0.15) is 0 Å². The van der Waals surface area contributed by atoms with Crippen molar-refractivity contribution in [3.63, 3.8) is 0 Å². The molecule has 31 heavy (non-hydrogen) atoms. The van der Waals surface area contributed by atoms with Crippen molar-refractivity contribution in [2.45, 2.75) is 33.2 Å². The molecule has 5 aromatic rings. The number of hydrogen-bond donors (Lipinski definition) is 1. The first kappa shape index (κ1) is 19.2. The summed E-state index contributed by atoms with van der Waals surface area (Å²) in [6.45, 7) is 4.96. The summed E-state index contributed by atoms with van der Waals surface area (Å²) in [4.78, 5) is 9.41. The van der Waals surface area contributed by atoms with Gasteiger partial charge in [0.1, 0.15) is 11.6 Å². The molecule has 0 aliphatic carbocycles. The number of aromatic nitrogens is 8. The Morgan fingerprint density at radius 2 is 1.74 bits per heavy atom. The minimum atomic E-state index is 0.663. The molecule has 156 valence electrons. The molecule has 0 spiro atoms. The maximum absolute atomic E-state index is 4.79. The molecule has 3 aromatic heterocycles. The molecule has 0 bridgehead atoms. The monoisotopic (exact) mass is 412 g/mol. The van der Waals surface area contributed by atoms with Crippen LogP contribution >= 0.6 is 0 Å². The van der Waals surface area contributed by atoms with Crippen LogP contribution in [0.15, 0.2) is 48.5 Å². The number of aryl methyl sites for hydroxylation is 3. The number of H-pyrrole nitrogens is 1. The Morgan fingerprint density at radius 3 is 2.45 bits per heavy atom. The van der Waals surface area contributed by atoms with Gasteiger partial charge in [0.15, 0.2) is 17.1 Å². The van der Waals surface area contributed by atoms with Crippen LogP contribution in [-0.2, 0) is 20.0 Å². The van der Waals surface area contributed by atoms with Crippen molar-refractivity contribution in [3.8, 4) is 22.5 Å². The molecule has 8 nitrogen and oxygen atoms in total. The van der Waals surface area contributed by atoms with Crippen molar-refractivity contribution in [3.05, 3.63) is 65.7 Å². The maximum atomic E-state index is 4.79. The first-order valence-corrected chi connectivity index (χ1v) is 10.5. The predicted octanol–water partition coefficient (Wildman–Crippen LogP) is 3.93. The van der Waals surface area contributed by atoms with E-state index in [4.69, 9.17) is 4.98 Å². The minimum absolute atomic E-state index is 0.663. The van der Waals surface area contributed by atoms with Crippen LogP contribution in [0.1, 0.15) is 30.6 Å². The van der Waals surface area contributed by atoms with Crippen LogP contribution in [0.25, 0.3) is 33.8 Å². The standard InChI is InChI=1S/C23H24N8/c1-4-7-20-25-22-23(30(3)15(2)24-22)31(20)14-16-10-12-17(13-11-16)18-8-5-6-9-19(18)21-26-28-29-27-21/h5-6,8-13H,4,7,14H2,1-3H3,(H,26,27,28,29). The molecule has 0 radical (unpaired) electrons. The zero-order chi connectivity index (χ0) is 21.4. The quantitative estimate of drug-likeness (QED) is 0.456. The van der Waals surface area contributed by atoms with E-state index < -0.39 is 0 Å². The molecule has 0 fully saturated rings. The molecule has 5 rings (SSSR count). The Labute approximate surface area is 180 Å². The number of rotatable bonds is 6. The molecule has 0 unspecified atom stereocenters. The van der Waals surface area contributed by atoms with Gasteiger partial charge in [0.2, 0.25) is 0 Å². The number of tetrazole rings is 1. The van der Waals surface area contributed by atoms with Crippen LogP contribution in [0.2, 0.25) is 0 Å². The zero-order valence-electron chi connectivity index (χ0n) is 17.9. The molecular formula is C23H24N8. The summed E-state index contributed by atoms with van der Waals surface area (Å²) in [5.41, 5.74) is 6.32. The number of nitrogens with zero attached hydrogens (tertiary/aromatic N) is 7. The number of fused-ring (bicyclic) bond motifs is 1. The SMILES string of the molecule is CCCc1nc2nc(C)n(C)c2n1Cc1ccc(-c2ccccc2-c2nnn[nH]2)cc1. The number of aromatic amines is 1. The summed E-state index contributed by atoms with van der Waals surface area (Å²) in [6.07, 6.45) is 1.99. The lowest BCUT2D eigenvalue weighted by atomic mass is 9.98. The van der Waals surface area contributed by atoms with Crippen molar-refractivity contribution in [1.29, 1.82) is 0 Å². The minimum Gasteiger partial charge on any atom is -0.316 e. The summed E-state index contributed by atoms with van der Waals surface area (Å²) in [6, 6.07) is 16.8. The van der Waals surface area contributed by atoms with E-state index in [1.54, 1.807) is 0 Å². The maximum Gasteiger partial charge on any atom is 0.197 e. The Bertz CT molecular complexity index is 1330. The fourth-order valence-corrected chi connectivity index (χ4v) is 4.03. The Hall–Kier alpha value is -3.81. The van der Waals surface area contributed by atoms with Crippen LogP contribution in [0.3, 0.4) is 0 Å². The summed E-state index contributed by atoms with van der Waals surface area (Å²) in [5.74, 6) is 2.72. The molecule has 3 heterocycles. The van der Waals surface area contributed by atoms with Crippen LogP contribution in [-0.4, -0.2) is 39.7 Å². The van der Waals surface area contributed by atoms with Gasteiger partial charge in [-0.3, -0.25) is 0 Å². The van der Waals surface area contributed by atoms with Crippen molar-refractivity contribution >= 4 is 11.3 Å². The molecular weight excluding hydrogens is 388 g/mol. The molecule has 0 saturated carbocycles. The van der Waals surface area contributed by atoms with Crippen molar-refractivity contribution in [2.75, 3.05) is 0 Å². The van der Waals surface area contributed by atoms with E-state index in [9.17, 15) is 0 Å². The second-order valence-corrected chi connectivity index (χ2v) is 7.72. The first-order chi connectivity index (χ1) is 15.2. The normalized spacial score (nSPS) is 11.5. The van der Waals surface area contributed by atoms with Gasteiger partial charge in [0.05, 0.1) is 6.54 Å². The second kappa shape index (κ2) is 7.79. The summed E-state index contributed by atoms with van der Waals surface area (Å²) in [5, 5.41) is 14.3. The van der Waals surface area contributed by atoms with E-state index in [-0.39, 0.29) is 0 Å². The van der Waals surface area contributed by atoms with E-state index in [2.05, 4.69) is 79.0 Å². The lowest BCUT2D eigenvalue weighted by Crippen LogP contribution is -2.08. The average Bonchev–Trinajstić information content (AvgIpc) is 3.49. The molecule has 0 aliphatic heterocycles. The van der Waals surface area contributed by atoms with Gasteiger partial charge in [-0.1, -0.05) is 55.5 Å². The highest BCUT2D eigenvalue weighted by Crippen LogP contribution is 2.30. The predicted molar refractivity (Wildman–Crippen MR) is 119 cm³/mol. The average molecular weight is 413 g/mol. The third kappa shape index (κ3) is 3.39. The molecule has 0 saturated heterocycles. The lowest BCUT2D eigenvalue weighted by Gasteiger charge is -2.12. The summed E-state index contributed by atoms with van der Waals surface area (Å²) < 4.78 is 4.42. The van der Waals surface area contributed by atoms with Gasteiger partial charge in [-0.15, -0.1) is 5.10 Å². The Kier molecular flexibility index (Phi) is 4.82. The highest BCUT2D eigenvalue weighted by Gasteiger charge is 2.17. The van der Waals surface area contributed by atoms with Gasteiger partial charge < -0.3 is 9.13 Å². The number of hydrogen-bond acceptors (Lipinski definition) is 5. The highest BCUT2D eigenvalue weighted by atomic mass is 15.5. The van der Waals surface area contributed by atoms with E-state index in [1.807, 2.05) is 25.1 Å². The van der Waals surface area contributed by atoms with E-state index in [0.717, 1.165) is 59.0 Å². The van der Waals surface area contributed by atoms with Crippen LogP contribution in [0.4, 0.5) is 0 Å². The van der Waals surface area contributed by atoms with Gasteiger partial charge in [-0.25, -0.2) is 15.1 Å². The smallest absolute Gasteiger partial charge is 0.197 e. The summed E-state index contributed by atoms with van der Waals surface area (Å²) >= 11 is 0. The van der Waals surface area contributed by atoms with Crippen LogP contribution in [0.5, 0.6) is 0 Å². The van der Waals surface area contributed by atoms with Gasteiger partial charge in [0, 0.05) is 19.0 Å². The summed E-state index contributed by atoms with van der Waals surface area (Å²) in [7, 11) is 2.05. The van der Waals surface area contributed by atoms with Gasteiger partial charge in [0.25, 0.3) is 0 Å². The topological polar surface area (TPSA) is 90.1 Å². The van der Waals surface area contributed by atoms with Gasteiger partial charge >= 0.3 is 0 Å². The van der Waals surface area contributed by atoms with Gasteiger partial charge in [-0.05, 0) is 40.5 Å². The largest absolute Gasteiger partial charge is 0.316 e. The van der Waals surface area contributed by atoms with Crippen LogP contribution in [0, 0.1) is 6.92 Å². The lowest BCUT2D eigenvalue weighted by molar-refractivity contribution is 0.697.